The summed E-state index contributed by atoms with van der Waals surface area (Å²) in [5, 5.41) is -3.81. The van der Waals surface area contributed by atoms with Gasteiger partial charge < -0.3 is 9.47 Å². The van der Waals surface area contributed by atoms with Gasteiger partial charge in [0.05, 0.1) is 19.6 Å². The van der Waals surface area contributed by atoms with Gasteiger partial charge in [0, 0.05) is 0 Å². The molecule has 0 atom stereocenters. The van der Waals surface area contributed by atoms with Gasteiger partial charge in [-0.1, -0.05) is 0 Å². The summed E-state index contributed by atoms with van der Waals surface area (Å²) in [6.45, 7) is 0.650. The van der Waals surface area contributed by atoms with Crippen LogP contribution in [-0.2, 0) is 14.3 Å². The molecule has 0 aliphatic carbocycles. The molecule has 1 rings (SSSR count). The first-order valence-corrected chi connectivity index (χ1v) is 3.71. The predicted octanol–water partition coefficient (Wildman–Crippen LogP) is 1.15. The van der Waals surface area contributed by atoms with Gasteiger partial charge in [-0.3, -0.25) is 4.79 Å². The van der Waals surface area contributed by atoms with E-state index in [-0.39, 0.29) is 0 Å². The number of carbonyl (C=O) groups is 1. The Labute approximate surface area is 72.6 Å². The maximum atomic E-state index is 12.1. The van der Waals surface area contributed by atoms with Gasteiger partial charge in [-0.25, -0.2) is 0 Å². The fourth-order valence-corrected chi connectivity index (χ4v) is 0.869. The van der Waals surface area contributed by atoms with Crippen LogP contribution in [0.15, 0.2) is 0 Å². The molecule has 0 aromatic rings. The maximum Gasteiger partial charge on any atom is 0.380 e. The van der Waals surface area contributed by atoms with E-state index in [1.807, 2.05) is 0 Å². The van der Waals surface area contributed by atoms with E-state index in [0.717, 1.165) is 0 Å². The monoisotopic (exact) mass is 200 g/mol. The minimum atomic E-state index is -3.81. The molecule has 0 bridgehead atoms. The predicted molar refractivity (Wildman–Crippen MR) is 36.1 cm³/mol. The number of ketones is 1. The standard InChI is InChI=1S/C6H7ClF2O3/c7-6(8,9)4(10)3-5-11-1-2-12-5/h5H,1-3H2. The average Bonchev–Trinajstić information content (AvgIpc) is 2.37. The SMILES string of the molecule is O=C(CC1OCCO1)C(F)(F)Cl. The van der Waals surface area contributed by atoms with E-state index in [1.165, 1.54) is 0 Å². The molecule has 0 radical (unpaired) electrons. The Bertz CT molecular complexity index is 174. The topological polar surface area (TPSA) is 35.5 Å². The van der Waals surface area contributed by atoms with E-state index in [9.17, 15) is 13.6 Å². The second-order valence-electron chi connectivity index (χ2n) is 2.30. The Balaban J connectivity index is 2.35. The number of ether oxygens (including phenoxy) is 2. The fraction of sp³-hybridized carbons (Fsp3) is 0.833. The summed E-state index contributed by atoms with van der Waals surface area (Å²) in [5.41, 5.74) is 0. The lowest BCUT2D eigenvalue weighted by atomic mass is 10.3. The van der Waals surface area contributed by atoms with Crippen LogP contribution in [0, 0.1) is 0 Å². The van der Waals surface area contributed by atoms with Gasteiger partial charge in [0.1, 0.15) is 0 Å². The minimum Gasteiger partial charge on any atom is -0.350 e. The molecule has 0 N–H and O–H groups in total. The number of hydrogen-bond acceptors (Lipinski definition) is 3. The Hall–Kier alpha value is -0.260. The van der Waals surface area contributed by atoms with Gasteiger partial charge in [0.2, 0.25) is 5.78 Å². The Morgan fingerprint density at radius 1 is 1.50 bits per heavy atom. The van der Waals surface area contributed by atoms with Crippen molar-refractivity contribution in [1.82, 2.24) is 0 Å². The molecule has 12 heavy (non-hydrogen) atoms. The first-order chi connectivity index (χ1) is 5.50. The van der Waals surface area contributed by atoms with Crippen LogP contribution in [0.2, 0.25) is 0 Å². The number of hydrogen-bond donors (Lipinski definition) is 0. The molecular weight excluding hydrogens is 194 g/mol. The lowest BCUT2D eigenvalue weighted by Gasteiger charge is -2.10. The van der Waals surface area contributed by atoms with Crippen molar-refractivity contribution in [2.75, 3.05) is 13.2 Å². The summed E-state index contributed by atoms with van der Waals surface area (Å²) in [4.78, 5) is 10.6. The summed E-state index contributed by atoms with van der Waals surface area (Å²) in [6.07, 6.45) is -1.36. The Morgan fingerprint density at radius 2 is 2.00 bits per heavy atom. The molecule has 70 valence electrons. The number of rotatable bonds is 3. The molecule has 1 heterocycles. The maximum absolute atomic E-state index is 12.1. The zero-order chi connectivity index (χ0) is 9.19. The van der Waals surface area contributed by atoms with Gasteiger partial charge in [0.25, 0.3) is 0 Å². The van der Waals surface area contributed by atoms with Crippen molar-refractivity contribution in [2.24, 2.45) is 0 Å². The van der Waals surface area contributed by atoms with E-state index in [4.69, 9.17) is 9.47 Å². The molecular formula is C6H7ClF2O3. The summed E-state index contributed by atoms with van der Waals surface area (Å²) < 4.78 is 33.7. The number of halogens is 3. The second-order valence-corrected chi connectivity index (χ2v) is 2.77. The third kappa shape index (κ3) is 2.66. The first-order valence-electron chi connectivity index (χ1n) is 3.33. The van der Waals surface area contributed by atoms with Crippen molar-refractivity contribution in [3.05, 3.63) is 0 Å². The molecule has 0 aromatic carbocycles. The lowest BCUT2D eigenvalue weighted by molar-refractivity contribution is -0.141. The Kier molecular flexibility index (Phi) is 2.98. The van der Waals surface area contributed by atoms with Crippen LogP contribution >= 0.6 is 11.6 Å². The van der Waals surface area contributed by atoms with E-state index in [1.54, 1.807) is 0 Å². The average molecular weight is 201 g/mol. The zero-order valence-corrected chi connectivity index (χ0v) is 6.81. The normalized spacial score (nSPS) is 19.9. The van der Waals surface area contributed by atoms with Crippen LogP contribution in [0.3, 0.4) is 0 Å². The lowest BCUT2D eigenvalue weighted by Crippen LogP contribution is -2.26. The molecule has 1 aliphatic rings. The van der Waals surface area contributed by atoms with Crippen LogP contribution in [0.1, 0.15) is 6.42 Å². The second kappa shape index (κ2) is 3.64. The molecule has 0 amide bonds. The molecule has 1 fully saturated rings. The van der Waals surface area contributed by atoms with Gasteiger partial charge in [-0.05, 0) is 11.6 Å². The largest absolute Gasteiger partial charge is 0.380 e. The smallest absolute Gasteiger partial charge is 0.350 e. The van der Waals surface area contributed by atoms with Gasteiger partial charge in [0.15, 0.2) is 6.29 Å². The molecule has 0 unspecified atom stereocenters. The molecule has 3 nitrogen and oxygen atoms in total. The quantitative estimate of drug-likeness (QED) is 0.641. The number of Topliss-reactive ketones (excluding diaryl/α,β-unsaturated/α-hetero) is 1. The van der Waals surface area contributed by atoms with Gasteiger partial charge in [-0.15, -0.1) is 0 Å². The van der Waals surface area contributed by atoms with Crippen molar-refractivity contribution in [3.8, 4) is 0 Å². The van der Waals surface area contributed by atoms with Crippen LogP contribution in [0.5, 0.6) is 0 Å². The van der Waals surface area contributed by atoms with Crippen molar-refractivity contribution in [2.45, 2.75) is 18.1 Å². The van der Waals surface area contributed by atoms with E-state index in [0.29, 0.717) is 13.2 Å². The van der Waals surface area contributed by atoms with Crippen LogP contribution in [-0.4, -0.2) is 30.7 Å². The summed E-state index contributed by atoms with van der Waals surface area (Å²) in [5.74, 6) is -1.38. The highest BCUT2D eigenvalue weighted by Gasteiger charge is 2.37. The summed E-state index contributed by atoms with van der Waals surface area (Å²) >= 11 is 4.47. The molecule has 0 spiro atoms. The van der Waals surface area contributed by atoms with Crippen molar-refractivity contribution < 1.29 is 23.0 Å². The van der Waals surface area contributed by atoms with Crippen molar-refractivity contribution in [3.63, 3.8) is 0 Å². The van der Waals surface area contributed by atoms with Crippen molar-refractivity contribution in [1.29, 1.82) is 0 Å². The van der Waals surface area contributed by atoms with Gasteiger partial charge in [-0.2, -0.15) is 8.78 Å². The third-order valence-electron chi connectivity index (χ3n) is 1.36. The highest BCUT2D eigenvalue weighted by molar-refractivity contribution is 6.32. The molecule has 1 saturated heterocycles. The van der Waals surface area contributed by atoms with Gasteiger partial charge >= 0.3 is 5.38 Å². The summed E-state index contributed by atoms with van der Waals surface area (Å²) in [6, 6.07) is 0. The van der Waals surface area contributed by atoms with E-state index < -0.39 is 23.9 Å². The van der Waals surface area contributed by atoms with Crippen LogP contribution < -0.4 is 0 Å². The first kappa shape index (κ1) is 9.83. The molecule has 1 aliphatic heterocycles. The highest BCUT2D eigenvalue weighted by Crippen LogP contribution is 2.23. The zero-order valence-electron chi connectivity index (χ0n) is 6.06. The number of alkyl halides is 3. The molecule has 6 heteroatoms. The fourth-order valence-electron chi connectivity index (χ4n) is 0.792. The van der Waals surface area contributed by atoms with Crippen LogP contribution in [0.4, 0.5) is 8.78 Å². The minimum absolute atomic E-state index is 0.325. The molecule has 0 saturated carbocycles. The highest BCUT2D eigenvalue weighted by atomic mass is 35.5. The third-order valence-corrected chi connectivity index (χ3v) is 1.57. The molecule has 0 aromatic heterocycles. The van der Waals surface area contributed by atoms with Crippen LogP contribution in [0.25, 0.3) is 0 Å². The van der Waals surface area contributed by atoms with Crippen molar-refractivity contribution >= 4 is 17.4 Å². The van der Waals surface area contributed by atoms with E-state index in [2.05, 4.69) is 11.6 Å². The number of carbonyl (C=O) groups excluding carboxylic acids is 1. The Morgan fingerprint density at radius 3 is 2.42 bits per heavy atom. The summed E-state index contributed by atoms with van der Waals surface area (Å²) in [7, 11) is 0. The van der Waals surface area contributed by atoms with E-state index >= 15 is 0 Å².